The maximum absolute atomic E-state index is 16.2. The summed E-state index contributed by atoms with van der Waals surface area (Å²) in [4.78, 5) is 61.9. The Labute approximate surface area is 375 Å². The van der Waals surface area contributed by atoms with Crippen LogP contribution in [0.2, 0.25) is 18.1 Å². The Bertz CT molecular complexity index is 2570. The number of anilines is 1. The zero-order valence-electron chi connectivity index (χ0n) is 38.5. The van der Waals surface area contributed by atoms with Crippen LogP contribution in [0.5, 0.6) is 11.6 Å². The molecule has 0 radical (unpaired) electrons. The molecule has 1 N–H and O–H groups in total. The quantitative estimate of drug-likeness (QED) is 0.0338. The highest BCUT2D eigenvalue weighted by Crippen LogP contribution is 2.60. The van der Waals surface area contributed by atoms with Crippen LogP contribution in [0.25, 0.3) is 16.5 Å². The lowest BCUT2D eigenvalue weighted by atomic mass is 9.57. The van der Waals surface area contributed by atoms with Crippen LogP contribution >= 0.6 is 0 Å². The number of hydrogen-bond donors (Lipinski definition) is 1. The van der Waals surface area contributed by atoms with E-state index in [1.165, 1.54) is 0 Å². The van der Waals surface area contributed by atoms with E-state index in [9.17, 15) is 14.7 Å². The van der Waals surface area contributed by atoms with Crippen molar-refractivity contribution in [3.63, 3.8) is 0 Å². The van der Waals surface area contributed by atoms with E-state index in [2.05, 4.69) is 18.3 Å². The van der Waals surface area contributed by atoms with Crippen LogP contribution in [0.3, 0.4) is 0 Å². The molecule has 3 aromatic carbocycles. The van der Waals surface area contributed by atoms with Crippen molar-refractivity contribution in [2.75, 3.05) is 32.1 Å². The molecule has 4 aromatic rings. The van der Waals surface area contributed by atoms with Crippen molar-refractivity contribution in [2.24, 2.45) is 11.8 Å². The summed E-state index contributed by atoms with van der Waals surface area (Å²) in [5.74, 6) is -3.16. The van der Waals surface area contributed by atoms with Gasteiger partial charge in [0.15, 0.2) is 25.4 Å². The number of benzene rings is 3. The number of nitrogens with zero attached hydrogens (tertiary/aromatic N) is 3. The van der Waals surface area contributed by atoms with Gasteiger partial charge in [0.05, 0.1) is 11.6 Å². The van der Waals surface area contributed by atoms with Crippen molar-refractivity contribution in [2.45, 2.75) is 96.4 Å². The number of hydrogen-bond acceptors (Lipinski definition) is 13. The number of aldehydes is 1. The number of aliphatic hydroxyl groups is 1. The second kappa shape index (κ2) is 16.9. The highest BCUT2D eigenvalue weighted by atomic mass is 28.4. The standard InChI is InChI=1S/C50H59N3O10Si/c1-13-22-53(23-14-2)39-32-21-20-30(27-54)24-33(32)42(60-47(58)61-48(3,4)5)37-34(39)25-31-26-35-40(52(9)10)43-38(46(51-62-43)59-28-29-18-16-15-17-19-29)45(57)50(35,44(56)36(31)41(37)55)63-64(11,12)49(6,7)8/h13-21,24,27,31,35,40,55H,1-2,22-23,25-26,28H2,3-12H3/t31-,35-,40-,50-/m0/s1. The van der Waals surface area contributed by atoms with Crippen molar-refractivity contribution in [1.82, 2.24) is 10.1 Å². The van der Waals surface area contributed by atoms with Gasteiger partial charge in [-0.3, -0.25) is 19.3 Å². The molecule has 14 heteroatoms. The minimum absolute atomic E-state index is 0.0146. The molecule has 0 saturated heterocycles. The molecule has 3 aliphatic carbocycles. The summed E-state index contributed by atoms with van der Waals surface area (Å²) < 4.78 is 31.3. The maximum atomic E-state index is 16.2. The van der Waals surface area contributed by atoms with E-state index in [1.54, 1.807) is 51.1 Å². The van der Waals surface area contributed by atoms with Gasteiger partial charge in [-0.2, -0.15) is 0 Å². The molecule has 0 bridgehead atoms. The number of aliphatic hydroxyl groups excluding tert-OH is 1. The molecule has 64 heavy (non-hydrogen) atoms. The van der Waals surface area contributed by atoms with Crippen LogP contribution in [0.1, 0.15) is 97.2 Å². The van der Waals surface area contributed by atoms with E-state index in [-0.39, 0.29) is 59.1 Å². The lowest BCUT2D eigenvalue weighted by Gasteiger charge is -2.55. The monoisotopic (exact) mass is 889 g/mol. The van der Waals surface area contributed by atoms with E-state index in [0.717, 1.165) is 5.56 Å². The lowest BCUT2D eigenvalue weighted by Crippen LogP contribution is -2.68. The molecule has 338 valence electrons. The van der Waals surface area contributed by atoms with E-state index in [4.69, 9.17) is 23.2 Å². The largest absolute Gasteiger partial charge is 0.514 e. The van der Waals surface area contributed by atoms with E-state index < -0.39 is 65.9 Å². The highest BCUT2D eigenvalue weighted by molar-refractivity contribution is 6.74. The van der Waals surface area contributed by atoms with Gasteiger partial charge in [0.25, 0.3) is 5.88 Å². The fourth-order valence-electron chi connectivity index (χ4n) is 9.27. The number of ether oxygens (including phenoxy) is 3. The van der Waals surface area contributed by atoms with Gasteiger partial charge < -0.3 is 33.2 Å². The Morgan fingerprint density at radius 1 is 0.984 bits per heavy atom. The molecule has 13 nitrogen and oxygen atoms in total. The van der Waals surface area contributed by atoms with Crippen LogP contribution in [0.4, 0.5) is 10.5 Å². The Morgan fingerprint density at radius 3 is 2.25 bits per heavy atom. The van der Waals surface area contributed by atoms with Crippen LogP contribution in [-0.4, -0.2) is 85.9 Å². The fourth-order valence-corrected chi connectivity index (χ4v) is 10.7. The van der Waals surface area contributed by atoms with Crippen LogP contribution in [0, 0.1) is 11.8 Å². The number of carbonyl (C=O) groups excluding carboxylic acids is 4. The molecular weight excluding hydrogens is 831 g/mol. The van der Waals surface area contributed by atoms with Crippen LogP contribution in [0.15, 0.2) is 83.9 Å². The number of rotatable bonds is 13. The molecule has 4 atom stereocenters. The Hall–Kier alpha value is -5.83. The molecular formula is C50H59N3O10Si. The first-order valence-electron chi connectivity index (χ1n) is 21.6. The summed E-state index contributed by atoms with van der Waals surface area (Å²) in [5.41, 5.74) is -0.672. The van der Waals surface area contributed by atoms with Gasteiger partial charge in [-0.05, 0) is 94.1 Å². The zero-order chi connectivity index (χ0) is 46.7. The molecule has 1 fully saturated rings. The number of ketones is 2. The molecule has 7 rings (SSSR count). The smallest absolute Gasteiger partial charge is 0.507 e. The first-order chi connectivity index (χ1) is 30.1. The Balaban J connectivity index is 1.54. The van der Waals surface area contributed by atoms with Gasteiger partial charge in [-0.1, -0.05) is 75.4 Å². The molecule has 1 heterocycles. The van der Waals surface area contributed by atoms with E-state index >= 15 is 9.59 Å². The van der Waals surface area contributed by atoms with Gasteiger partial charge >= 0.3 is 6.16 Å². The summed E-state index contributed by atoms with van der Waals surface area (Å²) in [6, 6.07) is 13.8. The molecule has 1 aromatic heterocycles. The topological polar surface area (TPSA) is 158 Å². The van der Waals surface area contributed by atoms with Crippen LogP contribution in [-0.2, 0) is 27.0 Å². The predicted molar refractivity (Wildman–Crippen MR) is 248 cm³/mol. The predicted octanol–water partition coefficient (Wildman–Crippen LogP) is 10.0. The number of aromatic nitrogens is 1. The lowest BCUT2D eigenvalue weighted by molar-refractivity contribution is -0.140. The Kier molecular flexibility index (Phi) is 12.2. The fraction of sp³-hybridized carbons (Fsp3) is 0.420. The Morgan fingerprint density at radius 2 is 1.66 bits per heavy atom. The maximum Gasteiger partial charge on any atom is 0.514 e. The molecule has 0 unspecified atom stereocenters. The van der Waals surface area contributed by atoms with Gasteiger partial charge in [-0.15, -0.1) is 13.2 Å². The summed E-state index contributed by atoms with van der Waals surface area (Å²) in [5, 5.41) is 17.8. The highest BCUT2D eigenvalue weighted by Gasteiger charge is 2.69. The SMILES string of the molecule is C=CCN(CC=C)c1c2c(c(OC(=O)OC(C)(C)C)c3cc(C=O)ccc13)C(O)=C1C(=O)[C@]3(O[Si](C)(C)C(C)(C)C)C(=O)c4c(OCc5ccccc5)noc4[C@@H](N(C)C)[C@@H]3C[C@@H]1C2. The average molecular weight is 890 g/mol. The van der Waals surface area contributed by atoms with Gasteiger partial charge in [0.2, 0.25) is 11.6 Å². The minimum atomic E-state index is -3.04. The van der Waals surface area contributed by atoms with Gasteiger partial charge in [0, 0.05) is 46.6 Å². The first-order valence-corrected chi connectivity index (χ1v) is 24.5. The molecule has 0 amide bonds. The van der Waals surface area contributed by atoms with Crippen LogP contribution < -0.4 is 14.4 Å². The molecule has 0 spiro atoms. The normalized spacial score (nSPS) is 20.8. The number of carbonyl (C=O) groups is 4. The number of Topliss-reactive ketones (excluding diaryl/α,β-unsaturated/α-hetero) is 2. The van der Waals surface area contributed by atoms with Crippen molar-refractivity contribution >= 4 is 54.5 Å². The van der Waals surface area contributed by atoms with Gasteiger partial charge in [-0.25, -0.2) is 4.79 Å². The molecule has 3 aliphatic rings. The minimum Gasteiger partial charge on any atom is -0.507 e. The third-order valence-corrected chi connectivity index (χ3v) is 17.4. The second-order valence-electron chi connectivity index (χ2n) is 19.7. The van der Waals surface area contributed by atoms with Crippen molar-refractivity contribution in [1.29, 1.82) is 0 Å². The zero-order valence-corrected chi connectivity index (χ0v) is 39.5. The van der Waals surface area contributed by atoms with Crippen molar-refractivity contribution in [3.05, 3.63) is 113 Å². The van der Waals surface area contributed by atoms with Gasteiger partial charge in [0.1, 0.15) is 29.8 Å². The average Bonchev–Trinajstić information content (AvgIpc) is 3.63. The van der Waals surface area contributed by atoms with E-state index in [0.29, 0.717) is 41.4 Å². The summed E-state index contributed by atoms with van der Waals surface area (Å²) in [6.45, 7) is 24.0. The first kappa shape index (κ1) is 46.2. The summed E-state index contributed by atoms with van der Waals surface area (Å²) in [6.07, 6.45) is 3.51. The third-order valence-electron chi connectivity index (χ3n) is 13.0. The third kappa shape index (κ3) is 7.89. The van der Waals surface area contributed by atoms with Crippen molar-refractivity contribution in [3.8, 4) is 11.6 Å². The molecule has 1 saturated carbocycles. The molecule has 0 aliphatic heterocycles. The second-order valence-corrected chi connectivity index (χ2v) is 24.4. The van der Waals surface area contributed by atoms with E-state index in [1.807, 2.05) is 88.1 Å². The summed E-state index contributed by atoms with van der Waals surface area (Å²) >= 11 is 0. The van der Waals surface area contributed by atoms with Crippen molar-refractivity contribution < 1.29 is 47.4 Å². The summed E-state index contributed by atoms with van der Waals surface area (Å²) in [7, 11) is 0.676. The number of fused-ring (bicyclic) bond motifs is 5.